The van der Waals surface area contributed by atoms with Crippen LogP contribution in [0.15, 0.2) is 18.2 Å². The van der Waals surface area contributed by atoms with E-state index in [1.165, 1.54) is 0 Å². The number of hydrogen-bond donors (Lipinski definition) is 2. The summed E-state index contributed by atoms with van der Waals surface area (Å²) < 4.78 is 10.3. The lowest BCUT2D eigenvalue weighted by molar-refractivity contribution is -0.141. The van der Waals surface area contributed by atoms with E-state index < -0.39 is 11.9 Å². The summed E-state index contributed by atoms with van der Waals surface area (Å²) in [6, 6.07) is 5.68. The fraction of sp³-hybridized carbons (Fsp3) is 0.533. The molecule has 0 amide bonds. The van der Waals surface area contributed by atoms with Gasteiger partial charge in [0, 0.05) is 13.2 Å². The van der Waals surface area contributed by atoms with Crippen LogP contribution in [0, 0.1) is 12.8 Å². The predicted octanol–water partition coefficient (Wildman–Crippen LogP) is 1.96. The Morgan fingerprint density at radius 2 is 2.15 bits per heavy atom. The van der Waals surface area contributed by atoms with Gasteiger partial charge in [0.05, 0.1) is 5.92 Å². The number of methoxy groups -OCH3 is 1. The molecule has 1 unspecified atom stereocenters. The molecule has 0 aromatic heterocycles. The Bertz CT molecular complexity index is 447. The first-order valence-corrected chi connectivity index (χ1v) is 6.63. The van der Waals surface area contributed by atoms with Crippen LogP contribution in [-0.2, 0) is 16.0 Å². The molecule has 0 aliphatic heterocycles. The molecule has 0 aliphatic carbocycles. The van der Waals surface area contributed by atoms with Gasteiger partial charge in [-0.15, -0.1) is 0 Å². The lowest BCUT2D eigenvalue weighted by Gasteiger charge is -2.15. The number of nitrogens with two attached hydrogens (primary N) is 1. The Balaban J connectivity index is 2.60. The molecule has 5 nitrogen and oxygen atoms in total. The van der Waals surface area contributed by atoms with Gasteiger partial charge in [-0.1, -0.05) is 19.1 Å². The lowest BCUT2D eigenvalue weighted by atomic mass is 9.96. The minimum atomic E-state index is -0.806. The smallest absolute Gasteiger partial charge is 0.306 e. The van der Waals surface area contributed by atoms with E-state index in [4.69, 9.17) is 20.3 Å². The van der Waals surface area contributed by atoms with Gasteiger partial charge in [0.15, 0.2) is 6.79 Å². The van der Waals surface area contributed by atoms with Crippen LogP contribution in [-0.4, -0.2) is 31.0 Å². The van der Waals surface area contributed by atoms with E-state index in [1.807, 2.05) is 25.1 Å². The summed E-state index contributed by atoms with van der Waals surface area (Å²) in [7, 11) is 1.58. The number of ether oxygens (including phenoxy) is 2. The molecule has 1 aromatic rings. The minimum absolute atomic E-state index is 0.161. The van der Waals surface area contributed by atoms with Crippen molar-refractivity contribution in [2.75, 3.05) is 13.9 Å². The third-order valence-corrected chi connectivity index (χ3v) is 3.15. The van der Waals surface area contributed by atoms with Crippen molar-refractivity contribution in [3.8, 4) is 5.75 Å². The molecule has 1 rings (SSSR count). The first-order chi connectivity index (χ1) is 9.43. The van der Waals surface area contributed by atoms with E-state index in [1.54, 1.807) is 14.0 Å². The van der Waals surface area contributed by atoms with Gasteiger partial charge in [0.25, 0.3) is 0 Å². The monoisotopic (exact) mass is 281 g/mol. The summed E-state index contributed by atoms with van der Waals surface area (Å²) in [5, 5.41) is 8.88. The maximum Gasteiger partial charge on any atom is 0.306 e. The van der Waals surface area contributed by atoms with Crippen LogP contribution in [0.4, 0.5) is 0 Å². The molecule has 0 fully saturated rings. The molecule has 0 spiro atoms. The van der Waals surface area contributed by atoms with E-state index in [2.05, 4.69) is 0 Å². The molecule has 2 atom stereocenters. The van der Waals surface area contributed by atoms with Gasteiger partial charge in [0.2, 0.25) is 0 Å². The molecular formula is C15H23NO4. The van der Waals surface area contributed by atoms with E-state index >= 15 is 0 Å². The van der Waals surface area contributed by atoms with Gasteiger partial charge in [-0.3, -0.25) is 4.79 Å². The number of hydrogen-bond acceptors (Lipinski definition) is 4. The average Bonchev–Trinajstić information content (AvgIpc) is 2.37. The highest BCUT2D eigenvalue weighted by molar-refractivity contribution is 5.69. The molecule has 1 aromatic carbocycles. The molecule has 0 saturated carbocycles. The van der Waals surface area contributed by atoms with Crippen molar-refractivity contribution in [3.63, 3.8) is 0 Å². The van der Waals surface area contributed by atoms with Crippen LogP contribution in [0.3, 0.4) is 0 Å². The second-order valence-electron chi connectivity index (χ2n) is 5.09. The fourth-order valence-electron chi connectivity index (χ4n) is 2.06. The summed E-state index contributed by atoms with van der Waals surface area (Å²) in [5.74, 6) is -0.446. The number of carboxylic acid groups (broad SMARTS) is 1. The zero-order valence-electron chi connectivity index (χ0n) is 12.3. The predicted molar refractivity (Wildman–Crippen MR) is 76.8 cm³/mol. The quantitative estimate of drug-likeness (QED) is 0.712. The van der Waals surface area contributed by atoms with E-state index in [9.17, 15) is 4.79 Å². The zero-order chi connectivity index (χ0) is 15.1. The van der Waals surface area contributed by atoms with E-state index in [-0.39, 0.29) is 12.8 Å². The van der Waals surface area contributed by atoms with Crippen LogP contribution < -0.4 is 10.5 Å². The Kier molecular flexibility index (Phi) is 6.48. The molecule has 0 saturated heterocycles. The lowest BCUT2D eigenvalue weighted by Crippen LogP contribution is -2.28. The number of aryl methyl sites for hydroxylation is 1. The maximum atomic E-state index is 10.8. The van der Waals surface area contributed by atoms with Crippen molar-refractivity contribution >= 4 is 5.97 Å². The van der Waals surface area contributed by atoms with Crippen molar-refractivity contribution in [1.82, 2.24) is 0 Å². The standard InChI is InChI=1S/C15H23NO4/c1-10-6-12(4-5-14(10)20-9-19-3)8-13(16)7-11(2)15(17)18/h4-6,11,13H,7-9,16H2,1-3H3,(H,17,18)/t11?,13-/m0/s1. The Hall–Kier alpha value is -1.59. The average molecular weight is 281 g/mol. The number of carbonyl (C=O) groups is 1. The second kappa shape index (κ2) is 7.87. The van der Waals surface area contributed by atoms with Gasteiger partial charge in [0.1, 0.15) is 5.75 Å². The van der Waals surface area contributed by atoms with Crippen LogP contribution in [0.25, 0.3) is 0 Å². The van der Waals surface area contributed by atoms with Gasteiger partial charge in [-0.25, -0.2) is 0 Å². The summed E-state index contributed by atoms with van der Waals surface area (Å²) in [6.45, 7) is 3.85. The van der Waals surface area contributed by atoms with Crippen LogP contribution in [0.2, 0.25) is 0 Å². The van der Waals surface area contributed by atoms with Crippen LogP contribution >= 0.6 is 0 Å². The van der Waals surface area contributed by atoms with Crippen LogP contribution in [0.1, 0.15) is 24.5 Å². The summed E-state index contributed by atoms with van der Waals surface area (Å²) in [5.41, 5.74) is 8.09. The SMILES string of the molecule is COCOc1ccc(C[C@@H](N)CC(C)C(=O)O)cc1C. The summed E-state index contributed by atoms with van der Waals surface area (Å²) in [4.78, 5) is 10.8. The van der Waals surface area contributed by atoms with Gasteiger partial charge in [-0.05, 0) is 37.0 Å². The largest absolute Gasteiger partial charge is 0.481 e. The normalized spacial score (nSPS) is 13.8. The minimum Gasteiger partial charge on any atom is -0.481 e. The molecule has 0 heterocycles. The molecule has 112 valence electrons. The topological polar surface area (TPSA) is 81.8 Å². The second-order valence-corrected chi connectivity index (χ2v) is 5.09. The van der Waals surface area contributed by atoms with E-state index in [0.29, 0.717) is 12.8 Å². The van der Waals surface area contributed by atoms with Crippen molar-refractivity contribution in [2.45, 2.75) is 32.7 Å². The number of carboxylic acids is 1. The highest BCUT2D eigenvalue weighted by Crippen LogP contribution is 2.20. The highest BCUT2D eigenvalue weighted by Gasteiger charge is 2.16. The molecule has 0 bridgehead atoms. The van der Waals surface area contributed by atoms with Gasteiger partial charge < -0.3 is 20.3 Å². The van der Waals surface area contributed by atoms with Crippen molar-refractivity contribution in [3.05, 3.63) is 29.3 Å². The zero-order valence-corrected chi connectivity index (χ0v) is 12.3. The van der Waals surface area contributed by atoms with Gasteiger partial charge >= 0.3 is 5.97 Å². The third-order valence-electron chi connectivity index (χ3n) is 3.15. The van der Waals surface area contributed by atoms with E-state index in [0.717, 1.165) is 16.9 Å². The summed E-state index contributed by atoms with van der Waals surface area (Å²) in [6.07, 6.45) is 1.12. The van der Waals surface area contributed by atoms with Gasteiger partial charge in [-0.2, -0.15) is 0 Å². The molecule has 5 heteroatoms. The maximum absolute atomic E-state index is 10.8. The fourth-order valence-corrected chi connectivity index (χ4v) is 2.06. The molecule has 0 aliphatic rings. The summed E-state index contributed by atoms with van der Waals surface area (Å²) >= 11 is 0. The third kappa shape index (κ3) is 5.19. The number of rotatable bonds is 8. The first-order valence-electron chi connectivity index (χ1n) is 6.63. The number of benzene rings is 1. The number of aliphatic carboxylic acids is 1. The van der Waals surface area contributed by atoms with Crippen LogP contribution in [0.5, 0.6) is 5.75 Å². The molecular weight excluding hydrogens is 258 g/mol. The Morgan fingerprint density at radius 3 is 2.70 bits per heavy atom. The Labute approximate surface area is 119 Å². The molecule has 0 radical (unpaired) electrons. The molecule has 3 N–H and O–H groups in total. The highest BCUT2D eigenvalue weighted by atomic mass is 16.7. The first kappa shape index (κ1) is 16.5. The van der Waals surface area contributed by atoms with Crippen molar-refractivity contribution in [2.24, 2.45) is 11.7 Å². The van der Waals surface area contributed by atoms with Crippen molar-refractivity contribution in [1.29, 1.82) is 0 Å². The van der Waals surface area contributed by atoms with Crippen molar-refractivity contribution < 1.29 is 19.4 Å². The molecule has 20 heavy (non-hydrogen) atoms. The Morgan fingerprint density at radius 1 is 1.45 bits per heavy atom.